The number of fused-ring (bicyclic) bond motifs is 2. The average molecular weight is 294 g/mol. The van der Waals surface area contributed by atoms with Crippen molar-refractivity contribution in [3.05, 3.63) is 39.9 Å². The van der Waals surface area contributed by atoms with E-state index < -0.39 is 4.92 Å². The van der Waals surface area contributed by atoms with Gasteiger partial charge in [0.15, 0.2) is 0 Å². The molecule has 1 saturated heterocycles. The molecule has 1 saturated carbocycles. The van der Waals surface area contributed by atoms with Crippen molar-refractivity contribution in [3.63, 3.8) is 0 Å². The maximum absolute atomic E-state index is 10.9. The highest BCUT2D eigenvalue weighted by molar-refractivity contribution is 5.88. The third kappa shape index (κ3) is 2.06. The van der Waals surface area contributed by atoms with Crippen LogP contribution >= 0.6 is 0 Å². The Morgan fingerprint density at radius 2 is 2.23 bits per heavy atom. The molecular formula is C16H14N4O2. The number of nitro benzene ring substituents is 1. The van der Waals surface area contributed by atoms with E-state index in [4.69, 9.17) is 0 Å². The lowest BCUT2D eigenvalue weighted by atomic mass is 10.1. The minimum absolute atomic E-state index is 0.0163. The number of pyridine rings is 1. The van der Waals surface area contributed by atoms with Gasteiger partial charge < -0.3 is 4.90 Å². The first-order chi connectivity index (χ1) is 10.7. The summed E-state index contributed by atoms with van der Waals surface area (Å²) in [6, 6.07) is 8.40. The molecule has 1 aromatic heterocycles. The van der Waals surface area contributed by atoms with E-state index in [-0.39, 0.29) is 5.69 Å². The summed E-state index contributed by atoms with van der Waals surface area (Å²) in [6.07, 6.45) is 2.49. The minimum atomic E-state index is -0.452. The van der Waals surface area contributed by atoms with Crippen molar-refractivity contribution in [1.82, 2.24) is 4.98 Å². The third-order valence-corrected chi connectivity index (χ3v) is 4.73. The molecule has 1 aliphatic heterocycles. The van der Waals surface area contributed by atoms with Gasteiger partial charge in [-0.2, -0.15) is 5.26 Å². The van der Waals surface area contributed by atoms with Crippen LogP contribution in [0.5, 0.6) is 0 Å². The lowest BCUT2D eigenvalue weighted by Crippen LogP contribution is -2.32. The van der Waals surface area contributed by atoms with Crippen LogP contribution in [0.2, 0.25) is 0 Å². The molecule has 2 unspecified atom stereocenters. The van der Waals surface area contributed by atoms with Gasteiger partial charge in [0.05, 0.1) is 22.1 Å². The summed E-state index contributed by atoms with van der Waals surface area (Å²) in [5.41, 5.74) is 1.07. The highest BCUT2D eigenvalue weighted by atomic mass is 16.6. The molecule has 0 bridgehead atoms. The van der Waals surface area contributed by atoms with E-state index in [1.165, 1.54) is 25.0 Å². The smallest absolute Gasteiger partial charge is 0.270 e. The van der Waals surface area contributed by atoms with Crippen molar-refractivity contribution >= 4 is 22.4 Å². The van der Waals surface area contributed by atoms with Crippen LogP contribution in [0.1, 0.15) is 18.4 Å². The molecule has 2 fully saturated rings. The Bertz CT molecular complexity index is 827. The molecule has 6 heteroatoms. The molecule has 22 heavy (non-hydrogen) atoms. The summed E-state index contributed by atoms with van der Waals surface area (Å²) in [6.45, 7) is 1.97. The molecule has 0 amide bonds. The Balaban J connectivity index is 1.79. The van der Waals surface area contributed by atoms with E-state index in [1.54, 1.807) is 12.1 Å². The van der Waals surface area contributed by atoms with Crippen molar-refractivity contribution in [2.45, 2.75) is 12.8 Å². The zero-order chi connectivity index (χ0) is 15.3. The summed E-state index contributed by atoms with van der Waals surface area (Å²) in [5.74, 6) is 2.46. The molecule has 2 heterocycles. The topological polar surface area (TPSA) is 83.1 Å². The van der Waals surface area contributed by atoms with Crippen molar-refractivity contribution in [3.8, 4) is 6.07 Å². The number of non-ortho nitro benzene ring substituents is 1. The normalized spacial score (nSPS) is 23.0. The number of nitro groups is 1. The van der Waals surface area contributed by atoms with Crippen molar-refractivity contribution in [1.29, 1.82) is 5.26 Å². The van der Waals surface area contributed by atoms with Crippen LogP contribution in [0.3, 0.4) is 0 Å². The molecule has 0 N–H and O–H groups in total. The molecule has 2 aromatic rings. The molecule has 0 radical (unpaired) electrons. The quantitative estimate of drug-likeness (QED) is 0.628. The summed E-state index contributed by atoms with van der Waals surface area (Å²) in [7, 11) is 0. The van der Waals surface area contributed by atoms with E-state index in [0.29, 0.717) is 16.5 Å². The highest BCUT2D eigenvalue weighted by Crippen LogP contribution is 2.45. The highest BCUT2D eigenvalue weighted by Gasteiger charge is 2.41. The van der Waals surface area contributed by atoms with Crippen LogP contribution in [-0.4, -0.2) is 23.0 Å². The zero-order valence-electron chi connectivity index (χ0n) is 11.9. The summed E-state index contributed by atoms with van der Waals surface area (Å²) >= 11 is 0. The monoisotopic (exact) mass is 294 g/mol. The van der Waals surface area contributed by atoms with Gasteiger partial charge >= 0.3 is 0 Å². The van der Waals surface area contributed by atoms with Crippen molar-refractivity contribution in [2.24, 2.45) is 11.8 Å². The lowest BCUT2D eigenvalue weighted by Gasteiger charge is -2.27. The van der Waals surface area contributed by atoms with Gasteiger partial charge in [0.25, 0.3) is 5.69 Å². The van der Waals surface area contributed by atoms with Crippen molar-refractivity contribution in [2.75, 3.05) is 18.0 Å². The number of hydrogen-bond acceptors (Lipinski definition) is 5. The zero-order valence-corrected chi connectivity index (χ0v) is 11.9. The second-order valence-electron chi connectivity index (χ2n) is 6.09. The molecule has 2 aliphatic rings. The Morgan fingerprint density at radius 3 is 2.95 bits per heavy atom. The summed E-state index contributed by atoms with van der Waals surface area (Å²) in [4.78, 5) is 17.3. The summed E-state index contributed by atoms with van der Waals surface area (Å²) in [5, 5.41) is 20.8. The lowest BCUT2D eigenvalue weighted by molar-refractivity contribution is -0.384. The number of hydrogen-bond donors (Lipinski definition) is 0. The fourth-order valence-electron chi connectivity index (χ4n) is 3.36. The number of aromatic nitrogens is 1. The number of nitrogens with zero attached hydrogens (tertiary/aromatic N) is 4. The molecular weight excluding hydrogens is 280 g/mol. The Labute approximate surface area is 127 Å². The van der Waals surface area contributed by atoms with Gasteiger partial charge in [-0.1, -0.05) is 0 Å². The Morgan fingerprint density at radius 1 is 1.36 bits per heavy atom. The van der Waals surface area contributed by atoms with Crippen LogP contribution < -0.4 is 4.90 Å². The van der Waals surface area contributed by atoms with Crippen LogP contribution in [-0.2, 0) is 0 Å². The minimum Gasteiger partial charge on any atom is -0.356 e. The molecule has 2 atom stereocenters. The van der Waals surface area contributed by atoms with Gasteiger partial charge in [-0.15, -0.1) is 0 Å². The standard InChI is InChI=1S/C16H14N4O2/c17-8-11-6-16(19-4-3-10-5-12(10)9-19)18-15-2-1-13(20(21)22)7-14(11)15/h1-2,6-7,10,12H,3-5,9H2. The van der Waals surface area contributed by atoms with Gasteiger partial charge in [-0.05, 0) is 36.8 Å². The third-order valence-electron chi connectivity index (χ3n) is 4.73. The van der Waals surface area contributed by atoms with Gasteiger partial charge in [0.1, 0.15) is 5.82 Å². The van der Waals surface area contributed by atoms with E-state index in [2.05, 4.69) is 16.0 Å². The van der Waals surface area contributed by atoms with E-state index in [0.717, 1.165) is 30.7 Å². The van der Waals surface area contributed by atoms with Gasteiger partial charge in [-0.3, -0.25) is 10.1 Å². The van der Waals surface area contributed by atoms with Crippen LogP contribution in [0, 0.1) is 33.3 Å². The number of nitriles is 1. The fourth-order valence-corrected chi connectivity index (χ4v) is 3.36. The predicted molar refractivity (Wildman–Crippen MR) is 81.5 cm³/mol. The molecule has 6 nitrogen and oxygen atoms in total. The van der Waals surface area contributed by atoms with Crippen LogP contribution in [0.15, 0.2) is 24.3 Å². The van der Waals surface area contributed by atoms with E-state index in [1.807, 2.05) is 0 Å². The predicted octanol–water partition coefficient (Wildman–Crippen LogP) is 2.86. The average Bonchev–Trinajstić information content (AvgIpc) is 3.31. The van der Waals surface area contributed by atoms with Crippen molar-refractivity contribution < 1.29 is 4.92 Å². The van der Waals surface area contributed by atoms with Crippen LogP contribution in [0.25, 0.3) is 10.9 Å². The fraction of sp³-hybridized carbons (Fsp3) is 0.375. The second kappa shape index (κ2) is 4.67. The molecule has 110 valence electrons. The van der Waals surface area contributed by atoms with E-state index >= 15 is 0 Å². The number of piperidine rings is 1. The SMILES string of the molecule is N#Cc1cc(N2CCC3CC3C2)nc2ccc([N+](=O)[O-])cc12. The molecule has 1 aromatic carbocycles. The molecule has 4 rings (SSSR count). The molecule has 1 aliphatic carbocycles. The van der Waals surface area contributed by atoms with E-state index in [9.17, 15) is 15.4 Å². The van der Waals surface area contributed by atoms with Gasteiger partial charge in [0, 0.05) is 30.6 Å². The maximum Gasteiger partial charge on any atom is 0.270 e. The number of benzene rings is 1. The largest absolute Gasteiger partial charge is 0.356 e. The summed E-state index contributed by atoms with van der Waals surface area (Å²) < 4.78 is 0. The number of rotatable bonds is 2. The van der Waals surface area contributed by atoms with Crippen LogP contribution in [0.4, 0.5) is 11.5 Å². The van der Waals surface area contributed by atoms with Gasteiger partial charge in [0.2, 0.25) is 0 Å². The molecule has 0 spiro atoms. The Hall–Kier alpha value is -2.68. The second-order valence-corrected chi connectivity index (χ2v) is 6.09. The number of anilines is 1. The Kier molecular flexibility index (Phi) is 2.76. The maximum atomic E-state index is 10.9. The first-order valence-corrected chi connectivity index (χ1v) is 7.40. The first-order valence-electron chi connectivity index (χ1n) is 7.40. The van der Waals surface area contributed by atoms with Gasteiger partial charge in [-0.25, -0.2) is 4.98 Å². The first kappa shape index (κ1) is 13.0.